The zero-order valence-electron chi connectivity index (χ0n) is 12.6. The van der Waals surface area contributed by atoms with Gasteiger partial charge in [0.25, 0.3) is 0 Å². The second-order valence-corrected chi connectivity index (χ2v) is 5.03. The van der Waals surface area contributed by atoms with Crippen LogP contribution >= 0.6 is 0 Å². The number of nitrogens with two attached hydrogens (primary N) is 1. The Kier molecular flexibility index (Phi) is 4.01. The molecule has 0 atom stereocenters. The van der Waals surface area contributed by atoms with Crippen molar-refractivity contribution >= 4 is 28.4 Å². The first-order chi connectivity index (χ1) is 11.2. The largest absolute Gasteiger partial charge is 0.497 e. The summed E-state index contributed by atoms with van der Waals surface area (Å²) >= 11 is 0. The first-order valence-electron chi connectivity index (χ1n) is 7.07. The fraction of sp³-hybridized carbons (Fsp3) is 0.125. The Labute approximate surface area is 132 Å². The molecule has 2 aromatic carbocycles. The van der Waals surface area contributed by atoms with Crippen LogP contribution in [-0.4, -0.2) is 23.3 Å². The van der Waals surface area contributed by atoms with Crippen molar-refractivity contribution < 1.29 is 9.53 Å². The lowest BCUT2D eigenvalue weighted by molar-refractivity contribution is 0.251. The van der Waals surface area contributed by atoms with Crippen molar-refractivity contribution in [1.29, 1.82) is 0 Å². The second-order valence-electron chi connectivity index (χ2n) is 5.03. The van der Waals surface area contributed by atoms with Gasteiger partial charge in [0.1, 0.15) is 5.75 Å². The van der Waals surface area contributed by atoms with Gasteiger partial charge in [0.05, 0.1) is 12.6 Å². The van der Waals surface area contributed by atoms with Crippen LogP contribution in [0.5, 0.6) is 5.75 Å². The molecule has 1 heterocycles. The van der Waals surface area contributed by atoms with Crippen molar-refractivity contribution in [1.82, 2.24) is 15.5 Å². The SMILES string of the molecule is COc1cccc(CNC(=O)Nc2ccc3[nH]nc(N)c3c2)c1. The normalized spacial score (nSPS) is 10.5. The van der Waals surface area contributed by atoms with Crippen molar-refractivity contribution in [3.63, 3.8) is 0 Å². The predicted octanol–water partition coefficient (Wildman–Crippen LogP) is 2.48. The molecule has 3 rings (SSSR count). The maximum Gasteiger partial charge on any atom is 0.319 e. The number of amides is 2. The highest BCUT2D eigenvalue weighted by atomic mass is 16.5. The molecule has 0 aliphatic carbocycles. The van der Waals surface area contributed by atoms with E-state index in [2.05, 4.69) is 20.8 Å². The third-order valence-corrected chi connectivity index (χ3v) is 3.44. The number of hydrogen-bond donors (Lipinski definition) is 4. The molecule has 23 heavy (non-hydrogen) atoms. The molecule has 118 valence electrons. The molecule has 0 bridgehead atoms. The van der Waals surface area contributed by atoms with Gasteiger partial charge in [-0.25, -0.2) is 4.79 Å². The van der Waals surface area contributed by atoms with E-state index < -0.39 is 0 Å². The van der Waals surface area contributed by atoms with Crippen LogP contribution in [0.2, 0.25) is 0 Å². The highest BCUT2D eigenvalue weighted by Crippen LogP contribution is 2.21. The zero-order valence-corrected chi connectivity index (χ0v) is 12.6. The van der Waals surface area contributed by atoms with Gasteiger partial charge in [0, 0.05) is 17.6 Å². The Balaban J connectivity index is 1.62. The van der Waals surface area contributed by atoms with Crippen molar-refractivity contribution in [2.45, 2.75) is 6.54 Å². The Morgan fingerprint density at radius 2 is 2.17 bits per heavy atom. The first kappa shape index (κ1) is 14.7. The number of nitrogen functional groups attached to an aromatic ring is 1. The molecule has 0 aliphatic rings. The molecule has 5 N–H and O–H groups in total. The summed E-state index contributed by atoms with van der Waals surface area (Å²) in [7, 11) is 1.61. The number of aromatic amines is 1. The molecule has 0 aliphatic heterocycles. The summed E-state index contributed by atoms with van der Waals surface area (Å²) in [5.41, 5.74) is 8.18. The summed E-state index contributed by atoms with van der Waals surface area (Å²) in [4.78, 5) is 12.0. The van der Waals surface area contributed by atoms with Crippen molar-refractivity contribution in [3.05, 3.63) is 48.0 Å². The van der Waals surface area contributed by atoms with Crippen molar-refractivity contribution in [2.75, 3.05) is 18.2 Å². The second kappa shape index (κ2) is 6.27. The van der Waals surface area contributed by atoms with Crippen LogP contribution in [0, 0.1) is 0 Å². The average Bonchev–Trinajstić information content (AvgIpc) is 2.94. The molecular formula is C16H17N5O2. The number of H-pyrrole nitrogens is 1. The number of methoxy groups -OCH3 is 1. The predicted molar refractivity (Wildman–Crippen MR) is 89.4 cm³/mol. The smallest absolute Gasteiger partial charge is 0.319 e. The Morgan fingerprint density at radius 1 is 1.30 bits per heavy atom. The minimum Gasteiger partial charge on any atom is -0.497 e. The van der Waals surface area contributed by atoms with Gasteiger partial charge in [-0.2, -0.15) is 5.10 Å². The lowest BCUT2D eigenvalue weighted by Gasteiger charge is -2.09. The van der Waals surface area contributed by atoms with Gasteiger partial charge in [0.2, 0.25) is 0 Å². The molecule has 0 radical (unpaired) electrons. The molecule has 0 fully saturated rings. The van der Waals surface area contributed by atoms with E-state index >= 15 is 0 Å². The van der Waals surface area contributed by atoms with Crippen LogP contribution in [0.15, 0.2) is 42.5 Å². The van der Waals surface area contributed by atoms with Crippen LogP contribution in [-0.2, 0) is 6.54 Å². The fourth-order valence-corrected chi connectivity index (χ4v) is 2.25. The van der Waals surface area contributed by atoms with E-state index in [1.165, 1.54) is 0 Å². The van der Waals surface area contributed by atoms with Gasteiger partial charge < -0.3 is 21.1 Å². The number of carbonyl (C=O) groups is 1. The van der Waals surface area contributed by atoms with E-state index in [9.17, 15) is 4.79 Å². The van der Waals surface area contributed by atoms with Crippen LogP contribution < -0.4 is 21.1 Å². The van der Waals surface area contributed by atoms with Crippen LogP contribution in [0.1, 0.15) is 5.56 Å². The summed E-state index contributed by atoms with van der Waals surface area (Å²) in [5.74, 6) is 1.16. The monoisotopic (exact) mass is 311 g/mol. The number of benzene rings is 2. The maximum absolute atomic E-state index is 12.0. The summed E-state index contributed by atoms with van der Waals surface area (Å²) in [6.07, 6.45) is 0. The number of aromatic nitrogens is 2. The Morgan fingerprint density at radius 3 is 3.00 bits per heavy atom. The third-order valence-electron chi connectivity index (χ3n) is 3.44. The quantitative estimate of drug-likeness (QED) is 0.594. The summed E-state index contributed by atoms with van der Waals surface area (Å²) in [6, 6.07) is 12.6. The summed E-state index contributed by atoms with van der Waals surface area (Å²) in [6.45, 7) is 0.402. The number of rotatable bonds is 4. The number of fused-ring (bicyclic) bond motifs is 1. The Bertz CT molecular complexity index is 843. The number of nitrogens with zero attached hydrogens (tertiary/aromatic N) is 1. The number of carbonyl (C=O) groups excluding carboxylic acids is 1. The molecule has 7 nitrogen and oxygen atoms in total. The average molecular weight is 311 g/mol. The molecular weight excluding hydrogens is 294 g/mol. The zero-order chi connectivity index (χ0) is 16.2. The minimum atomic E-state index is -0.297. The Hall–Kier alpha value is -3.22. The van der Waals surface area contributed by atoms with E-state index in [1.807, 2.05) is 30.3 Å². The lowest BCUT2D eigenvalue weighted by Crippen LogP contribution is -2.28. The topological polar surface area (TPSA) is 105 Å². The van der Waals surface area contributed by atoms with Crippen LogP contribution in [0.25, 0.3) is 10.9 Å². The first-order valence-corrected chi connectivity index (χ1v) is 7.07. The van der Waals surface area contributed by atoms with Gasteiger partial charge in [0.15, 0.2) is 5.82 Å². The molecule has 3 aromatic rings. The molecule has 0 saturated carbocycles. The highest BCUT2D eigenvalue weighted by Gasteiger charge is 2.06. The fourth-order valence-electron chi connectivity index (χ4n) is 2.25. The molecule has 0 unspecified atom stereocenters. The van der Waals surface area contributed by atoms with E-state index in [1.54, 1.807) is 19.2 Å². The lowest BCUT2D eigenvalue weighted by atomic mass is 10.2. The number of anilines is 2. The molecule has 7 heteroatoms. The molecule has 1 aromatic heterocycles. The maximum atomic E-state index is 12.0. The number of nitrogens with one attached hydrogen (secondary N) is 3. The van der Waals surface area contributed by atoms with Gasteiger partial charge in [-0.15, -0.1) is 0 Å². The van der Waals surface area contributed by atoms with E-state index in [0.29, 0.717) is 18.1 Å². The third kappa shape index (κ3) is 3.34. The number of ether oxygens (including phenoxy) is 1. The number of hydrogen-bond acceptors (Lipinski definition) is 4. The van der Waals surface area contributed by atoms with E-state index in [4.69, 9.17) is 10.5 Å². The summed E-state index contributed by atoms with van der Waals surface area (Å²) < 4.78 is 5.15. The highest BCUT2D eigenvalue weighted by molar-refractivity contribution is 5.95. The minimum absolute atomic E-state index is 0.297. The molecule has 2 amide bonds. The van der Waals surface area contributed by atoms with Crippen molar-refractivity contribution in [3.8, 4) is 5.75 Å². The number of urea groups is 1. The van der Waals surface area contributed by atoms with Gasteiger partial charge in [-0.1, -0.05) is 12.1 Å². The standard InChI is InChI=1S/C16H17N5O2/c1-23-12-4-2-3-10(7-12)9-18-16(22)19-11-5-6-14-13(8-11)15(17)21-20-14/h2-8H,9H2,1H3,(H3,17,20,21)(H2,18,19,22). The molecule has 0 saturated heterocycles. The summed E-state index contributed by atoms with van der Waals surface area (Å²) in [5, 5.41) is 13.1. The molecule has 0 spiro atoms. The van der Waals surface area contributed by atoms with Crippen LogP contribution in [0.4, 0.5) is 16.3 Å². The van der Waals surface area contributed by atoms with Gasteiger partial charge >= 0.3 is 6.03 Å². The van der Waals surface area contributed by atoms with Gasteiger partial charge in [-0.3, -0.25) is 5.10 Å². The van der Waals surface area contributed by atoms with E-state index in [0.717, 1.165) is 22.2 Å². The van der Waals surface area contributed by atoms with Gasteiger partial charge in [-0.05, 0) is 35.9 Å². The van der Waals surface area contributed by atoms with Crippen LogP contribution in [0.3, 0.4) is 0 Å². The van der Waals surface area contributed by atoms with E-state index in [-0.39, 0.29) is 6.03 Å². The van der Waals surface area contributed by atoms with Crippen molar-refractivity contribution in [2.24, 2.45) is 0 Å².